The van der Waals surface area contributed by atoms with Crippen molar-refractivity contribution >= 4 is 0 Å². The molecule has 1 unspecified atom stereocenters. The number of rotatable bonds is 0. The maximum absolute atomic E-state index is 13.1. The van der Waals surface area contributed by atoms with Gasteiger partial charge in [-0.15, -0.1) is 0 Å². The summed E-state index contributed by atoms with van der Waals surface area (Å²) in [4.78, 5) is 0. The molecule has 1 aliphatic rings. The molecule has 0 saturated carbocycles. The fourth-order valence-corrected chi connectivity index (χ4v) is 1.57. The van der Waals surface area contributed by atoms with E-state index in [0.717, 1.165) is 0 Å². The molecule has 1 aromatic carbocycles. The Balaban J connectivity index is 2.56. The first-order chi connectivity index (χ1) is 6.20. The zero-order valence-electron chi connectivity index (χ0n) is 7.38. The number of aliphatic hydroxyl groups is 1. The van der Waals surface area contributed by atoms with E-state index in [4.69, 9.17) is 4.74 Å². The lowest BCUT2D eigenvalue weighted by molar-refractivity contribution is 0.114. The third-order valence-corrected chi connectivity index (χ3v) is 2.37. The van der Waals surface area contributed by atoms with Crippen molar-refractivity contribution in [2.45, 2.75) is 19.4 Å². The van der Waals surface area contributed by atoms with Gasteiger partial charge in [0.1, 0.15) is 11.6 Å². The maximum Gasteiger partial charge on any atom is 0.130 e. The van der Waals surface area contributed by atoms with Gasteiger partial charge in [0, 0.05) is 17.5 Å². The van der Waals surface area contributed by atoms with Crippen LogP contribution in [-0.2, 0) is 0 Å². The third kappa shape index (κ3) is 1.29. The van der Waals surface area contributed by atoms with Crippen LogP contribution in [0.3, 0.4) is 0 Å². The Morgan fingerprint density at radius 2 is 2.31 bits per heavy atom. The van der Waals surface area contributed by atoms with Gasteiger partial charge in [0.2, 0.25) is 0 Å². The number of aliphatic hydroxyl groups excluding tert-OH is 1. The van der Waals surface area contributed by atoms with Crippen molar-refractivity contribution < 1.29 is 14.2 Å². The van der Waals surface area contributed by atoms with Crippen molar-refractivity contribution in [2.24, 2.45) is 0 Å². The van der Waals surface area contributed by atoms with E-state index in [0.29, 0.717) is 29.9 Å². The molecule has 1 heterocycles. The first-order valence-electron chi connectivity index (χ1n) is 4.30. The van der Waals surface area contributed by atoms with Crippen molar-refractivity contribution in [3.63, 3.8) is 0 Å². The van der Waals surface area contributed by atoms with Gasteiger partial charge in [0.25, 0.3) is 0 Å². The molecular formula is C10H11FO2. The highest BCUT2D eigenvalue weighted by molar-refractivity contribution is 5.43. The minimum atomic E-state index is -0.511. The van der Waals surface area contributed by atoms with Gasteiger partial charge in [-0.25, -0.2) is 4.39 Å². The van der Waals surface area contributed by atoms with Crippen LogP contribution in [0.5, 0.6) is 5.75 Å². The SMILES string of the molecule is Cc1c(F)ccc2c1OCCC2O. The van der Waals surface area contributed by atoms with Gasteiger partial charge in [-0.2, -0.15) is 0 Å². The molecule has 1 atom stereocenters. The number of fused-ring (bicyclic) bond motifs is 1. The van der Waals surface area contributed by atoms with Gasteiger partial charge in [-0.3, -0.25) is 0 Å². The fraction of sp³-hybridized carbons (Fsp3) is 0.400. The molecule has 1 aliphatic heterocycles. The lowest BCUT2D eigenvalue weighted by Gasteiger charge is -2.23. The molecule has 0 fully saturated rings. The second-order valence-electron chi connectivity index (χ2n) is 3.24. The minimum absolute atomic E-state index is 0.284. The number of hydrogen-bond donors (Lipinski definition) is 1. The summed E-state index contributed by atoms with van der Waals surface area (Å²) in [5, 5.41) is 9.57. The Hall–Kier alpha value is -1.09. The molecule has 2 rings (SSSR count). The standard InChI is InChI=1S/C10H11FO2/c1-6-8(11)3-2-7-9(12)4-5-13-10(6)7/h2-3,9,12H,4-5H2,1H3. The zero-order chi connectivity index (χ0) is 9.42. The number of hydrogen-bond acceptors (Lipinski definition) is 2. The molecule has 2 nitrogen and oxygen atoms in total. The lowest BCUT2D eigenvalue weighted by Crippen LogP contribution is -2.15. The molecule has 0 aliphatic carbocycles. The average molecular weight is 182 g/mol. The highest BCUT2D eigenvalue weighted by atomic mass is 19.1. The third-order valence-electron chi connectivity index (χ3n) is 2.37. The molecule has 0 saturated heterocycles. The Morgan fingerprint density at radius 3 is 3.08 bits per heavy atom. The molecule has 13 heavy (non-hydrogen) atoms. The van der Waals surface area contributed by atoms with E-state index in [1.165, 1.54) is 6.07 Å². The quantitative estimate of drug-likeness (QED) is 0.664. The van der Waals surface area contributed by atoms with Crippen LogP contribution in [0.25, 0.3) is 0 Å². The van der Waals surface area contributed by atoms with Crippen LogP contribution in [0.1, 0.15) is 23.7 Å². The molecule has 0 amide bonds. The van der Waals surface area contributed by atoms with Crippen LogP contribution in [0, 0.1) is 12.7 Å². The minimum Gasteiger partial charge on any atom is -0.493 e. The highest BCUT2D eigenvalue weighted by Crippen LogP contribution is 2.35. The van der Waals surface area contributed by atoms with Gasteiger partial charge in [-0.1, -0.05) is 0 Å². The summed E-state index contributed by atoms with van der Waals surface area (Å²) in [6.45, 7) is 2.12. The van der Waals surface area contributed by atoms with Crippen LogP contribution in [0.4, 0.5) is 4.39 Å². The second kappa shape index (κ2) is 3.00. The second-order valence-corrected chi connectivity index (χ2v) is 3.24. The number of ether oxygens (including phenoxy) is 1. The number of halogens is 1. The normalized spacial score (nSPS) is 20.7. The molecule has 0 bridgehead atoms. The van der Waals surface area contributed by atoms with Gasteiger partial charge in [0.05, 0.1) is 12.7 Å². The maximum atomic E-state index is 13.1. The smallest absolute Gasteiger partial charge is 0.130 e. The Bertz CT molecular complexity index is 336. The van der Waals surface area contributed by atoms with E-state index in [2.05, 4.69) is 0 Å². The van der Waals surface area contributed by atoms with E-state index in [1.54, 1.807) is 13.0 Å². The number of benzene rings is 1. The summed E-state index contributed by atoms with van der Waals surface area (Å²) in [6, 6.07) is 2.95. The summed E-state index contributed by atoms with van der Waals surface area (Å²) >= 11 is 0. The summed E-state index contributed by atoms with van der Waals surface area (Å²) in [5.74, 6) is 0.228. The Kier molecular flexibility index (Phi) is 1.96. The molecule has 1 N–H and O–H groups in total. The molecule has 1 aromatic rings. The molecule has 0 radical (unpaired) electrons. The van der Waals surface area contributed by atoms with Crippen LogP contribution in [-0.4, -0.2) is 11.7 Å². The molecule has 70 valence electrons. The van der Waals surface area contributed by atoms with Crippen molar-refractivity contribution in [1.82, 2.24) is 0 Å². The van der Waals surface area contributed by atoms with Gasteiger partial charge >= 0.3 is 0 Å². The van der Waals surface area contributed by atoms with Crippen molar-refractivity contribution in [3.8, 4) is 5.75 Å². The molecule has 0 aromatic heterocycles. The van der Waals surface area contributed by atoms with Gasteiger partial charge in [0.15, 0.2) is 0 Å². The zero-order valence-corrected chi connectivity index (χ0v) is 7.38. The van der Waals surface area contributed by atoms with E-state index in [1.807, 2.05) is 0 Å². The predicted octanol–water partition coefficient (Wildman–Crippen LogP) is 1.95. The monoisotopic (exact) mass is 182 g/mol. The van der Waals surface area contributed by atoms with Gasteiger partial charge < -0.3 is 9.84 Å². The lowest BCUT2D eigenvalue weighted by atomic mass is 10.0. The van der Waals surface area contributed by atoms with E-state index >= 15 is 0 Å². The molecule has 0 spiro atoms. The summed E-state index contributed by atoms with van der Waals surface area (Å²) in [5.41, 5.74) is 1.18. The average Bonchev–Trinajstić information content (AvgIpc) is 2.12. The predicted molar refractivity (Wildman–Crippen MR) is 46.2 cm³/mol. The summed E-state index contributed by atoms with van der Waals surface area (Å²) in [7, 11) is 0. The highest BCUT2D eigenvalue weighted by Gasteiger charge is 2.21. The molecular weight excluding hydrogens is 171 g/mol. The summed E-state index contributed by atoms with van der Waals surface area (Å²) < 4.78 is 18.4. The molecule has 3 heteroatoms. The Morgan fingerprint density at radius 1 is 1.54 bits per heavy atom. The van der Waals surface area contributed by atoms with Gasteiger partial charge in [-0.05, 0) is 19.1 Å². The van der Waals surface area contributed by atoms with Crippen molar-refractivity contribution in [2.75, 3.05) is 6.61 Å². The van der Waals surface area contributed by atoms with E-state index < -0.39 is 6.10 Å². The first kappa shape index (κ1) is 8.51. The topological polar surface area (TPSA) is 29.5 Å². The fourth-order valence-electron chi connectivity index (χ4n) is 1.57. The van der Waals surface area contributed by atoms with Crippen LogP contribution < -0.4 is 4.74 Å². The Labute approximate surface area is 76.0 Å². The van der Waals surface area contributed by atoms with Crippen LogP contribution >= 0.6 is 0 Å². The first-order valence-corrected chi connectivity index (χ1v) is 4.30. The van der Waals surface area contributed by atoms with Crippen molar-refractivity contribution in [3.05, 3.63) is 29.1 Å². The summed E-state index contributed by atoms with van der Waals surface area (Å²) in [6.07, 6.45) is 0.0704. The van der Waals surface area contributed by atoms with Crippen molar-refractivity contribution in [1.29, 1.82) is 0 Å². The van der Waals surface area contributed by atoms with Crippen LogP contribution in [0.2, 0.25) is 0 Å². The largest absolute Gasteiger partial charge is 0.493 e. The van der Waals surface area contributed by atoms with E-state index in [-0.39, 0.29) is 5.82 Å². The van der Waals surface area contributed by atoms with Crippen LogP contribution in [0.15, 0.2) is 12.1 Å². The van der Waals surface area contributed by atoms with E-state index in [9.17, 15) is 9.50 Å².